The molecule has 0 aliphatic heterocycles. The topological polar surface area (TPSA) is 52.6 Å². The fraction of sp³-hybridized carbons (Fsp3) is 0.870. The summed E-state index contributed by atoms with van der Waals surface area (Å²) >= 11 is 11.7. The quantitative estimate of drug-likeness (QED) is 0.0741. The smallest absolute Gasteiger partial charge is 0.322 e. The lowest BCUT2D eigenvalue weighted by atomic mass is 10.1. The highest BCUT2D eigenvalue weighted by molar-refractivity contribution is 9.10. The van der Waals surface area contributed by atoms with E-state index in [0.29, 0.717) is 6.42 Å². The van der Waals surface area contributed by atoms with Gasteiger partial charge in [0.1, 0.15) is 13.1 Å². The Morgan fingerprint density at radius 1 is 0.903 bits per heavy atom. The van der Waals surface area contributed by atoms with Gasteiger partial charge in [-0.05, 0) is 32.9 Å². The van der Waals surface area contributed by atoms with Crippen LogP contribution in [0.5, 0.6) is 0 Å². The van der Waals surface area contributed by atoms with Crippen LogP contribution >= 0.6 is 51.7 Å². The van der Waals surface area contributed by atoms with Gasteiger partial charge in [-0.25, -0.2) is 0 Å². The number of rotatable bonds is 18. The molecule has 0 aromatic heterocycles. The third-order valence-electron chi connectivity index (χ3n) is 4.57. The van der Waals surface area contributed by atoms with Crippen molar-refractivity contribution in [3.63, 3.8) is 0 Å². The first-order chi connectivity index (χ1) is 14.7. The molecule has 0 saturated heterocycles. The molecule has 0 aliphatic carbocycles. The first-order valence-electron chi connectivity index (χ1n) is 11.5. The number of hydrogen-bond acceptors (Lipinski definition) is 7. The minimum Gasteiger partial charge on any atom is -0.465 e. The fourth-order valence-electron chi connectivity index (χ4n) is 2.66. The van der Waals surface area contributed by atoms with Crippen molar-refractivity contribution < 1.29 is 19.1 Å². The first kappa shape index (κ1) is 31.2. The maximum atomic E-state index is 12.1. The molecule has 182 valence electrons. The van der Waals surface area contributed by atoms with Crippen molar-refractivity contribution in [2.75, 3.05) is 19.0 Å². The summed E-state index contributed by atoms with van der Waals surface area (Å²) in [5.41, 5.74) is 0. The zero-order chi connectivity index (χ0) is 23.5. The van der Waals surface area contributed by atoms with Gasteiger partial charge in [-0.3, -0.25) is 9.59 Å². The molecule has 0 heterocycles. The molecule has 1 atom stereocenters. The van der Waals surface area contributed by atoms with Gasteiger partial charge >= 0.3 is 11.9 Å². The van der Waals surface area contributed by atoms with E-state index in [-0.39, 0.29) is 30.4 Å². The number of unbranched alkanes of at least 4 members (excludes halogenated alkanes) is 9. The van der Waals surface area contributed by atoms with Gasteiger partial charge < -0.3 is 9.47 Å². The zero-order valence-electron chi connectivity index (χ0n) is 19.7. The number of thiocarbonyl (C=S) groups is 1. The van der Waals surface area contributed by atoms with Crippen LogP contribution in [0.2, 0.25) is 0 Å². The van der Waals surface area contributed by atoms with Crippen molar-refractivity contribution in [1.29, 1.82) is 0 Å². The molecule has 0 N–H and O–H groups in total. The Morgan fingerprint density at radius 2 is 1.42 bits per heavy atom. The van der Waals surface area contributed by atoms with Gasteiger partial charge in [-0.15, -0.1) is 11.8 Å². The third kappa shape index (κ3) is 19.4. The van der Waals surface area contributed by atoms with E-state index >= 15 is 0 Å². The highest BCUT2D eigenvalue weighted by Crippen LogP contribution is 2.24. The van der Waals surface area contributed by atoms with Crippen LogP contribution in [0.4, 0.5) is 0 Å². The van der Waals surface area contributed by atoms with E-state index in [4.69, 9.17) is 21.7 Å². The normalized spacial score (nSPS) is 12.4. The molecule has 0 radical (unpaired) electrons. The minimum absolute atomic E-state index is 0.232. The number of thioether (sulfide) groups is 2. The van der Waals surface area contributed by atoms with Crippen LogP contribution in [0.3, 0.4) is 0 Å². The molecule has 0 saturated carbocycles. The van der Waals surface area contributed by atoms with E-state index in [1.165, 1.54) is 76.0 Å². The highest BCUT2D eigenvalue weighted by atomic mass is 79.9. The average molecular weight is 558 g/mol. The molecule has 0 amide bonds. The van der Waals surface area contributed by atoms with Crippen molar-refractivity contribution >= 4 is 67.1 Å². The van der Waals surface area contributed by atoms with E-state index < -0.39 is 4.32 Å². The summed E-state index contributed by atoms with van der Waals surface area (Å²) in [7, 11) is 0. The monoisotopic (exact) mass is 556 g/mol. The van der Waals surface area contributed by atoms with E-state index in [1.54, 1.807) is 25.6 Å². The minimum atomic E-state index is -0.698. The lowest BCUT2D eigenvalue weighted by Gasteiger charge is -2.15. The Labute approximate surface area is 212 Å². The molecule has 0 fully saturated rings. The zero-order valence-corrected chi connectivity index (χ0v) is 23.7. The van der Waals surface area contributed by atoms with E-state index in [0.717, 1.165) is 9.28 Å². The van der Waals surface area contributed by atoms with Crippen LogP contribution < -0.4 is 0 Å². The molecule has 4 nitrogen and oxygen atoms in total. The molecular weight excluding hydrogens is 516 g/mol. The lowest BCUT2D eigenvalue weighted by molar-refractivity contribution is -0.146. The van der Waals surface area contributed by atoms with Crippen molar-refractivity contribution in [1.82, 2.24) is 0 Å². The van der Waals surface area contributed by atoms with Crippen LogP contribution in [0, 0.1) is 0 Å². The standard InChI is InChI=1S/C23H41BrO4S3/c1-5-6-7-8-9-10-11-12-13-14-18-30-22(29)31-19(2)20(25)27-16-15-17-28-21(26)23(3,4)24/h19H,5-18H2,1-4H3. The van der Waals surface area contributed by atoms with Crippen molar-refractivity contribution in [3.05, 3.63) is 0 Å². The second kappa shape index (κ2) is 19.7. The average Bonchev–Trinajstić information content (AvgIpc) is 2.70. The number of halogens is 1. The van der Waals surface area contributed by atoms with Crippen molar-refractivity contribution in [2.45, 2.75) is 108 Å². The van der Waals surface area contributed by atoms with Gasteiger partial charge in [-0.2, -0.15) is 0 Å². The summed E-state index contributed by atoms with van der Waals surface area (Å²) in [5, 5.41) is -0.322. The van der Waals surface area contributed by atoms with Crippen LogP contribution in [-0.2, 0) is 19.1 Å². The Kier molecular flexibility index (Phi) is 19.8. The molecule has 1 unspecified atom stereocenters. The summed E-state index contributed by atoms with van der Waals surface area (Å²) in [6.45, 7) is 7.99. The number of hydrogen-bond donors (Lipinski definition) is 0. The molecule has 0 aromatic carbocycles. The van der Waals surface area contributed by atoms with Gasteiger partial charge in [-0.1, -0.05) is 105 Å². The summed E-state index contributed by atoms with van der Waals surface area (Å²) in [4.78, 5) is 23.7. The van der Waals surface area contributed by atoms with Gasteiger partial charge in [0, 0.05) is 6.42 Å². The maximum Gasteiger partial charge on any atom is 0.322 e. The van der Waals surface area contributed by atoms with Gasteiger partial charge in [0.25, 0.3) is 0 Å². The number of ether oxygens (including phenoxy) is 2. The Bertz CT molecular complexity index is 510. The fourth-order valence-corrected chi connectivity index (χ4v) is 5.38. The van der Waals surface area contributed by atoms with Crippen molar-refractivity contribution in [3.8, 4) is 0 Å². The molecule has 0 bridgehead atoms. The number of carbonyl (C=O) groups excluding carboxylic acids is 2. The molecule has 0 rings (SSSR count). The highest BCUT2D eigenvalue weighted by Gasteiger charge is 2.25. The van der Waals surface area contributed by atoms with E-state index in [2.05, 4.69) is 22.9 Å². The third-order valence-corrected chi connectivity index (χ3v) is 7.65. The van der Waals surface area contributed by atoms with Crippen molar-refractivity contribution in [2.24, 2.45) is 0 Å². The summed E-state index contributed by atoms with van der Waals surface area (Å²) in [5.74, 6) is 0.408. The molecule has 31 heavy (non-hydrogen) atoms. The van der Waals surface area contributed by atoms with Crippen LogP contribution in [0.15, 0.2) is 0 Å². The molecule has 0 aromatic rings. The predicted molar refractivity (Wildman–Crippen MR) is 143 cm³/mol. The number of carbonyl (C=O) groups is 2. The summed E-state index contributed by atoms with van der Waals surface area (Å²) < 4.78 is 10.5. The van der Waals surface area contributed by atoms with Gasteiger partial charge in [0.05, 0.1) is 13.2 Å². The summed E-state index contributed by atoms with van der Waals surface area (Å²) in [6, 6.07) is 0. The molecule has 0 spiro atoms. The SMILES string of the molecule is CCCCCCCCCCCCSC(=S)SC(C)C(=O)OCCCOC(=O)C(C)(C)Br. The van der Waals surface area contributed by atoms with Gasteiger partial charge in [0.15, 0.2) is 0 Å². The molecule has 0 aliphatic rings. The van der Waals surface area contributed by atoms with Crippen LogP contribution in [0.25, 0.3) is 0 Å². The second-order valence-electron chi connectivity index (χ2n) is 8.17. The van der Waals surface area contributed by atoms with Crippen LogP contribution in [-0.4, -0.2) is 44.0 Å². The maximum absolute atomic E-state index is 12.1. The Balaban J connectivity index is 3.63. The lowest BCUT2D eigenvalue weighted by Crippen LogP contribution is -2.27. The van der Waals surface area contributed by atoms with Crippen LogP contribution in [0.1, 0.15) is 98.3 Å². The molecule has 8 heteroatoms. The Hall–Kier alpha value is 0.210. The predicted octanol–water partition coefficient (Wildman–Crippen LogP) is 7.70. The number of alkyl halides is 1. The van der Waals surface area contributed by atoms with E-state index in [9.17, 15) is 9.59 Å². The Morgan fingerprint density at radius 3 is 1.97 bits per heavy atom. The summed E-state index contributed by atoms with van der Waals surface area (Å²) in [6.07, 6.45) is 13.8. The molecular formula is C23H41BrO4S3. The first-order valence-corrected chi connectivity index (χ1v) is 14.6. The van der Waals surface area contributed by atoms with E-state index in [1.807, 2.05) is 6.92 Å². The second-order valence-corrected chi connectivity index (χ2v) is 13.8. The largest absolute Gasteiger partial charge is 0.465 e. The van der Waals surface area contributed by atoms with Gasteiger partial charge in [0.2, 0.25) is 0 Å². The number of esters is 2.